The molecule has 1 rings (SSSR count). The first-order chi connectivity index (χ1) is 6.38. The van der Waals surface area contributed by atoms with Crippen molar-refractivity contribution in [2.75, 3.05) is 12.0 Å². The van der Waals surface area contributed by atoms with Gasteiger partial charge >= 0.3 is 7.12 Å². The van der Waals surface area contributed by atoms with Gasteiger partial charge in [-0.15, -0.1) is 0 Å². The van der Waals surface area contributed by atoms with Crippen LogP contribution in [0.2, 0.25) is 0 Å². The van der Waals surface area contributed by atoms with Gasteiger partial charge in [-0.2, -0.15) is 5.10 Å². The van der Waals surface area contributed by atoms with E-state index in [1.165, 1.54) is 17.1 Å². The van der Waals surface area contributed by atoms with Gasteiger partial charge in [0.2, 0.25) is 0 Å². The first kappa shape index (κ1) is 11.2. The number of rotatable bonds is 4. The summed E-state index contributed by atoms with van der Waals surface area (Å²) < 4.78 is 23.0. The third-order valence-corrected chi connectivity index (χ3v) is 2.57. The highest BCUT2D eigenvalue weighted by molar-refractivity contribution is 7.90. The van der Waals surface area contributed by atoms with E-state index in [0.29, 0.717) is 0 Å². The van der Waals surface area contributed by atoms with Crippen LogP contribution in [0.15, 0.2) is 12.4 Å². The van der Waals surface area contributed by atoms with Crippen molar-refractivity contribution in [1.29, 1.82) is 0 Å². The monoisotopic (exact) mass is 218 g/mol. The molecule has 0 fully saturated rings. The van der Waals surface area contributed by atoms with Gasteiger partial charge in [0.05, 0.1) is 12.3 Å². The van der Waals surface area contributed by atoms with Gasteiger partial charge in [-0.3, -0.25) is 4.68 Å². The molecule has 0 saturated carbocycles. The highest BCUT2D eigenvalue weighted by atomic mass is 32.2. The summed E-state index contributed by atoms with van der Waals surface area (Å²) in [6.07, 6.45) is 3.82. The summed E-state index contributed by atoms with van der Waals surface area (Å²) >= 11 is 0. The van der Waals surface area contributed by atoms with Crippen LogP contribution in [0.5, 0.6) is 0 Å². The summed E-state index contributed by atoms with van der Waals surface area (Å²) in [6.45, 7) is 0.214. The number of hydrogen-bond acceptors (Lipinski definition) is 5. The van der Waals surface area contributed by atoms with E-state index in [2.05, 4.69) is 5.10 Å². The molecule has 0 aliphatic heterocycles. The Hall–Kier alpha value is -0.855. The minimum absolute atomic E-state index is 0.0182. The van der Waals surface area contributed by atoms with Crippen molar-refractivity contribution in [3.63, 3.8) is 0 Å². The molecule has 0 atom stereocenters. The van der Waals surface area contributed by atoms with E-state index in [4.69, 9.17) is 10.0 Å². The number of sulfone groups is 1. The Morgan fingerprint density at radius 3 is 2.64 bits per heavy atom. The zero-order valence-corrected chi connectivity index (χ0v) is 8.48. The van der Waals surface area contributed by atoms with Crippen molar-refractivity contribution >= 4 is 22.4 Å². The predicted octanol–water partition coefficient (Wildman–Crippen LogP) is -2.39. The van der Waals surface area contributed by atoms with E-state index in [1.54, 1.807) is 0 Å². The largest absolute Gasteiger partial charge is 0.491 e. The van der Waals surface area contributed by atoms with E-state index in [1.807, 2.05) is 0 Å². The van der Waals surface area contributed by atoms with Crippen LogP contribution in [0.1, 0.15) is 0 Å². The quantitative estimate of drug-likeness (QED) is 0.550. The first-order valence-corrected chi connectivity index (χ1v) is 6.01. The molecule has 14 heavy (non-hydrogen) atoms. The number of aromatic nitrogens is 2. The normalized spacial score (nSPS) is 11.6. The molecule has 0 spiro atoms. The van der Waals surface area contributed by atoms with Gasteiger partial charge in [0.15, 0.2) is 0 Å². The van der Waals surface area contributed by atoms with Crippen LogP contribution >= 0.6 is 0 Å². The standard InChI is InChI=1S/C6H11BN2O4S/c1-14(12,13)3-2-9-5-6(4-8-9)7(10)11/h4-5,10-11H,2-3H2,1H3. The second-order valence-corrected chi connectivity index (χ2v) is 5.30. The average Bonchev–Trinajstić information content (AvgIpc) is 2.47. The van der Waals surface area contributed by atoms with E-state index in [0.717, 1.165) is 6.26 Å². The summed E-state index contributed by atoms with van der Waals surface area (Å²) in [5.74, 6) is -0.0182. The van der Waals surface area contributed by atoms with E-state index < -0.39 is 17.0 Å². The van der Waals surface area contributed by atoms with Crippen molar-refractivity contribution in [2.24, 2.45) is 0 Å². The maximum Gasteiger partial charge on any atom is 0.491 e. The molecule has 0 aromatic carbocycles. The van der Waals surface area contributed by atoms with Crippen molar-refractivity contribution < 1.29 is 18.5 Å². The van der Waals surface area contributed by atoms with Gasteiger partial charge in [0.25, 0.3) is 0 Å². The maximum absolute atomic E-state index is 10.8. The Morgan fingerprint density at radius 2 is 2.21 bits per heavy atom. The third-order valence-electron chi connectivity index (χ3n) is 1.64. The zero-order valence-electron chi connectivity index (χ0n) is 7.66. The fourth-order valence-electron chi connectivity index (χ4n) is 0.895. The lowest BCUT2D eigenvalue weighted by Crippen LogP contribution is -2.28. The Morgan fingerprint density at radius 1 is 1.57 bits per heavy atom. The molecule has 78 valence electrons. The lowest BCUT2D eigenvalue weighted by Gasteiger charge is -1.98. The highest BCUT2D eigenvalue weighted by Crippen LogP contribution is 1.88. The summed E-state index contributed by atoms with van der Waals surface area (Å²) in [6, 6.07) is 0. The molecule has 0 aliphatic carbocycles. The molecule has 1 aromatic heterocycles. The second-order valence-electron chi connectivity index (χ2n) is 3.04. The van der Waals surface area contributed by atoms with Crippen LogP contribution in [-0.2, 0) is 16.4 Å². The molecule has 1 heterocycles. The van der Waals surface area contributed by atoms with E-state index in [9.17, 15) is 8.42 Å². The number of nitrogens with zero attached hydrogens (tertiary/aromatic N) is 2. The molecule has 0 radical (unpaired) electrons. The van der Waals surface area contributed by atoms with Crippen LogP contribution in [0.25, 0.3) is 0 Å². The SMILES string of the molecule is CS(=O)(=O)CCn1cc(B(O)O)cn1. The summed E-state index contributed by atoms with van der Waals surface area (Å²) in [5, 5.41) is 21.3. The molecule has 0 unspecified atom stereocenters. The second kappa shape index (κ2) is 4.12. The van der Waals surface area contributed by atoms with E-state index in [-0.39, 0.29) is 17.8 Å². The summed E-state index contributed by atoms with van der Waals surface area (Å²) in [7, 11) is -4.59. The molecule has 6 nitrogen and oxygen atoms in total. The predicted molar refractivity (Wildman–Crippen MR) is 51.8 cm³/mol. The van der Waals surface area contributed by atoms with E-state index >= 15 is 0 Å². The van der Waals surface area contributed by atoms with Crippen LogP contribution in [0, 0.1) is 0 Å². The molecule has 0 aliphatic rings. The van der Waals surface area contributed by atoms with Crippen molar-refractivity contribution in [3.05, 3.63) is 12.4 Å². The van der Waals surface area contributed by atoms with Crippen LogP contribution in [0.3, 0.4) is 0 Å². The van der Waals surface area contributed by atoms with Crippen LogP contribution < -0.4 is 5.46 Å². The van der Waals surface area contributed by atoms with Crippen molar-refractivity contribution in [1.82, 2.24) is 9.78 Å². The lowest BCUT2D eigenvalue weighted by molar-refractivity contribution is 0.425. The number of aryl methyl sites for hydroxylation is 1. The van der Waals surface area contributed by atoms with Gasteiger partial charge in [-0.25, -0.2) is 8.42 Å². The molecule has 0 bridgehead atoms. The minimum Gasteiger partial charge on any atom is -0.423 e. The minimum atomic E-state index is -3.02. The van der Waals surface area contributed by atoms with Gasteiger partial charge in [0, 0.05) is 24.1 Å². The van der Waals surface area contributed by atoms with Crippen molar-refractivity contribution in [2.45, 2.75) is 6.54 Å². The Balaban J connectivity index is 2.61. The Kier molecular flexibility index (Phi) is 3.30. The topological polar surface area (TPSA) is 92.4 Å². The fourth-order valence-corrected chi connectivity index (χ4v) is 1.41. The molecular weight excluding hydrogens is 207 g/mol. The molecule has 2 N–H and O–H groups in total. The average molecular weight is 218 g/mol. The lowest BCUT2D eigenvalue weighted by atomic mass is 9.83. The van der Waals surface area contributed by atoms with Crippen LogP contribution in [0.4, 0.5) is 0 Å². The fraction of sp³-hybridized carbons (Fsp3) is 0.500. The molecule has 0 amide bonds. The highest BCUT2D eigenvalue weighted by Gasteiger charge is 2.13. The summed E-state index contributed by atoms with van der Waals surface area (Å²) in [4.78, 5) is 0. The smallest absolute Gasteiger partial charge is 0.423 e. The maximum atomic E-state index is 10.8. The van der Waals surface area contributed by atoms with Gasteiger partial charge in [-0.05, 0) is 0 Å². The van der Waals surface area contributed by atoms with Gasteiger partial charge in [-0.1, -0.05) is 0 Å². The molecule has 1 aromatic rings. The third kappa shape index (κ3) is 3.48. The van der Waals surface area contributed by atoms with Gasteiger partial charge in [0.1, 0.15) is 9.84 Å². The van der Waals surface area contributed by atoms with Gasteiger partial charge < -0.3 is 10.0 Å². The zero-order chi connectivity index (χ0) is 10.8. The molecule has 8 heteroatoms. The number of hydrogen-bond donors (Lipinski definition) is 2. The Bertz CT molecular complexity index is 400. The van der Waals surface area contributed by atoms with Crippen LogP contribution in [-0.4, -0.2) is 47.4 Å². The summed E-state index contributed by atoms with van der Waals surface area (Å²) in [5.41, 5.74) is 0.249. The molecular formula is C6H11BN2O4S. The molecule has 0 saturated heterocycles. The first-order valence-electron chi connectivity index (χ1n) is 3.95. The Labute approximate surface area is 82.2 Å². The van der Waals surface area contributed by atoms with Crippen molar-refractivity contribution in [3.8, 4) is 0 Å².